The second-order valence-electron chi connectivity index (χ2n) is 6.94. The molecule has 2 aliphatic rings. The van der Waals surface area contributed by atoms with Crippen molar-refractivity contribution in [3.63, 3.8) is 0 Å². The largest absolute Gasteiger partial charge is 0.497 e. The van der Waals surface area contributed by atoms with Gasteiger partial charge in [-0.3, -0.25) is 4.98 Å². The van der Waals surface area contributed by atoms with E-state index in [-0.39, 0.29) is 5.79 Å². The van der Waals surface area contributed by atoms with Crippen LogP contribution in [0.3, 0.4) is 0 Å². The van der Waals surface area contributed by atoms with Gasteiger partial charge in [-0.15, -0.1) is 0 Å². The molecule has 2 aromatic rings. The Morgan fingerprint density at radius 1 is 1.17 bits per heavy atom. The lowest BCUT2D eigenvalue weighted by Gasteiger charge is -2.35. The maximum atomic E-state index is 5.83. The van der Waals surface area contributed by atoms with Crippen molar-refractivity contribution in [1.82, 2.24) is 4.98 Å². The average molecular weight is 327 g/mol. The van der Waals surface area contributed by atoms with Gasteiger partial charge in [-0.2, -0.15) is 0 Å². The van der Waals surface area contributed by atoms with Crippen molar-refractivity contribution in [2.75, 3.05) is 20.3 Å². The van der Waals surface area contributed by atoms with Gasteiger partial charge < -0.3 is 14.2 Å². The molecule has 128 valence electrons. The van der Waals surface area contributed by atoms with E-state index in [1.807, 2.05) is 18.3 Å². The van der Waals surface area contributed by atoms with Crippen molar-refractivity contribution < 1.29 is 14.2 Å². The van der Waals surface area contributed by atoms with Crippen LogP contribution in [0.25, 0.3) is 10.9 Å². The molecule has 4 heteroatoms. The Morgan fingerprint density at radius 2 is 1.96 bits per heavy atom. The molecule has 2 heterocycles. The molecule has 0 atom stereocenters. The fourth-order valence-corrected chi connectivity index (χ4v) is 4.08. The summed E-state index contributed by atoms with van der Waals surface area (Å²) >= 11 is 0. The highest BCUT2D eigenvalue weighted by Crippen LogP contribution is 2.39. The maximum absolute atomic E-state index is 5.83. The summed E-state index contributed by atoms with van der Waals surface area (Å²) in [5.74, 6) is 1.41. The highest BCUT2D eigenvalue weighted by atomic mass is 16.7. The molecule has 1 aliphatic heterocycles. The van der Waals surface area contributed by atoms with E-state index in [1.165, 1.54) is 30.2 Å². The molecule has 1 aromatic heterocycles. The topological polar surface area (TPSA) is 40.6 Å². The van der Waals surface area contributed by atoms with E-state index in [0.29, 0.717) is 0 Å². The third kappa shape index (κ3) is 3.13. The average Bonchev–Trinajstić information content (AvgIpc) is 3.09. The number of aromatic nitrogens is 1. The molecular formula is C20H25NO3. The molecule has 0 bridgehead atoms. The van der Waals surface area contributed by atoms with Gasteiger partial charge in [0.1, 0.15) is 5.75 Å². The zero-order valence-corrected chi connectivity index (χ0v) is 14.3. The molecule has 1 spiro atoms. The van der Waals surface area contributed by atoms with Gasteiger partial charge in [-0.05, 0) is 61.4 Å². The van der Waals surface area contributed by atoms with Gasteiger partial charge in [0, 0.05) is 24.4 Å². The van der Waals surface area contributed by atoms with E-state index < -0.39 is 0 Å². The van der Waals surface area contributed by atoms with Gasteiger partial charge >= 0.3 is 0 Å². The predicted molar refractivity (Wildman–Crippen MR) is 93.2 cm³/mol. The lowest BCUT2D eigenvalue weighted by Crippen LogP contribution is -2.35. The van der Waals surface area contributed by atoms with Crippen LogP contribution >= 0.6 is 0 Å². The number of ether oxygens (including phenoxy) is 3. The molecule has 24 heavy (non-hydrogen) atoms. The summed E-state index contributed by atoms with van der Waals surface area (Å²) < 4.78 is 17.0. The Hall–Kier alpha value is -1.65. The highest BCUT2D eigenvalue weighted by molar-refractivity contribution is 5.83. The van der Waals surface area contributed by atoms with Crippen LogP contribution in [0.15, 0.2) is 30.5 Å². The molecule has 0 unspecified atom stereocenters. The van der Waals surface area contributed by atoms with E-state index in [1.54, 1.807) is 7.11 Å². The first-order valence-corrected chi connectivity index (χ1v) is 8.98. The van der Waals surface area contributed by atoms with Gasteiger partial charge in [0.15, 0.2) is 5.79 Å². The Kier molecular flexibility index (Phi) is 4.42. The van der Waals surface area contributed by atoms with Crippen molar-refractivity contribution in [2.45, 2.75) is 44.3 Å². The van der Waals surface area contributed by atoms with Crippen LogP contribution in [0.4, 0.5) is 0 Å². The molecule has 0 radical (unpaired) electrons. The monoisotopic (exact) mass is 327 g/mol. The Bertz CT molecular complexity index is 699. The van der Waals surface area contributed by atoms with Crippen molar-refractivity contribution in [2.24, 2.45) is 5.92 Å². The first kappa shape index (κ1) is 15.9. The Labute approximate surface area is 143 Å². The number of benzene rings is 1. The second-order valence-corrected chi connectivity index (χ2v) is 6.94. The highest BCUT2D eigenvalue weighted by Gasteiger charge is 2.39. The second kappa shape index (κ2) is 6.69. The van der Waals surface area contributed by atoms with Crippen LogP contribution in [0.2, 0.25) is 0 Å². The fraction of sp³-hybridized carbons (Fsp3) is 0.550. The number of aryl methyl sites for hydroxylation is 1. The lowest BCUT2D eigenvalue weighted by molar-refractivity contribution is -0.182. The summed E-state index contributed by atoms with van der Waals surface area (Å²) in [5, 5.41) is 1.21. The summed E-state index contributed by atoms with van der Waals surface area (Å²) in [4.78, 5) is 4.47. The third-order valence-corrected chi connectivity index (χ3v) is 5.54. The van der Waals surface area contributed by atoms with Gasteiger partial charge in [0.05, 0.1) is 25.8 Å². The number of nitrogens with zero attached hydrogens (tertiary/aromatic N) is 1. The summed E-state index contributed by atoms with van der Waals surface area (Å²) in [6.45, 7) is 1.52. The van der Waals surface area contributed by atoms with E-state index in [4.69, 9.17) is 14.2 Å². The Morgan fingerprint density at radius 3 is 2.71 bits per heavy atom. The van der Waals surface area contributed by atoms with Gasteiger partial charge in [0.2, 0.25) is 0 Å². The van der Waals surface area contributed by atoms with E-state index in [9.17, 15) is 0 Å². The molecule has 0 amide bonds. The molecule has 1 aromatic carbocycles. The number of pyridine rings is 1. The van der Waals surface area contributed by atoms with Crippen molar-refractivity contribution in [3.8, 4) is 5.75 Å². The van der Waals surface area contributed by atoms with Gasteiger partial charge in [-0.25, -0.2) is 0 Å². The van der Waals surface area contributed by atoms with Gasteiger partial charge in [-0.1, -0.05) is 0 Å². The van der Waals surface area contributed by atoms with Crippen molar-refractivity contribution in [1.29, 1.82) is 0 Å². The molecule has 1 saturated carbocycles. The molecular weight excluding hydrogens is 302 g/mol. The number of fused-ring (bicyclic) bond motifs is 1. The molecule has 4 rings (SSSR count). The number of hydrogen-bond donors (Lipinski definition) is 0. The van der Waals surface area contributed by atoms with Crippen LogP contribution in [-0.4, -0.2) is 31.1 Å². The molecule has 2 fully saturated rings. The summed E-state index contributed by atoms with van der Waals surface area (Å²) in [6, 6.07) is 8.27. The zero-order chi connectivity index (χ0) is 16.4. The van der Waals surface area contributed by atoms with Crippen molar-refractivity contribution >= 4 is 10.9 Å². The summed E-state index contributed by atoms with van der Waals surface area (Å²) in [5.41, 5.74) is 2.41. The summed E-state index contributed by atoms with van der Waals surface area (Å²) in [6.07, 6.45) is 8.71. The Balaban J connectivity index is 1.42. The molecule has 4 nitrogen and oxygen atoms in total. The van der Waals surface area contributed by atoms with Crippen LogP contribution in [-0.2, 0) is 15.9 Å². The SMILES string of the molecule is COc1ccc2nccc(CCC3CCC4(CC3)OCCO4)c2c1. The van der Waals surface area contributed by atoms with E-state index in [2.05, 4.69) is 17.1 Å². The molecule has 0 N–H and O–H groups in total. The van der Waals surface area contributed by atoms with Gasteiger partial charge in [0.25, 0.3) is 0 Å². The third-order valence-electron chi connectivity index (χ3n) is 5.54. The first-order chi connectivity index (χ1) is 11.8. The minimum atomic E-state index is -0.243. The predicted octanol–water partition coefficient (Wildman–Crippen LogP) is 4.11. The smallest absolute Gasteiger partial charge is 0.168 e. The quantitative estimate of drug-likeness (QED) is 0.847. The van der Waals surface area contributed by atoms with Crippen LogP contribution in [0.5, 0.6) is 5.75 Å². The van der Waals surface area contributed by atoms with E-state index in [0.717, 1.165) is 49.7 Å². The first-order valence-electron chi connectivity index (χ1n) is 8.98. The minimum Gasteiger partial charge on any atom is -0.497 e. The maximum Gasteiger partial charge on any atom is 0.168 e. The molecule has 1 saturated heterocycles. The van der Waals surface area contributed by atoms with Crippen LogP contribution < -0.4 is 4.74 Å². The number of hydrogen-bond acceptors (Lipinski definition) is 4. The molecule has 1 aliphatic carbocycles. The zero-order valence-electron chi connectivity index (χ0n) is 14.3. The fourth-order valence-electron chi connectivity index (χ4n) is 4.08. The minimum absolute atomic E-state index is 0.243. The lowest BCUT2D eigenvalue weighted by atomic mass is 9.82. The van der Waals surface area contributed by atoms with E-state index >= 15 is 0 Å². The van der Waals surface area contributed by atoms with Crippen LogP contribution in [0, 0.1) is 5.92 Å². The normalized spacial score (nSPS) is 20.7. The number of methoxy groups -OCH3 is 1. The van der Waals surface area contributed by atoms with Crippen LogP contribution in [0.1, 0.15) is 37.7 Å². The standard InChI is InChI=1S/C20H25NO3/c1-22-17-4-5-19-18(14-17)16(8-11-21-19)3-2-15-6-9-20(10-7-15)23-12-13-24-20/h4-5,8,11,14-15H,2-3,6-7,9-10,12-13H2,1H3. The number of rotatable bonds is 4. The summed E-state index contributed by atoms with van der Waals surface area (Å²) in [7, 11) is 1.71. The van der Waals surface area contributed by atoms with Crippen molar-refractivity contribution in [3.05, 3.63) is 36.0 Å².